The van der Waals surface area contributed by atoms with Crippen molar-refractivity contribution in [3.05, 3.63) is 11.6 Å². The minimum absolute atomic E-state index is 0. The van der Waals surface area contributed by atoms with Crippen LogP contribution in [0.1, 0.15) is 45.4 Å². The molecule has 2 nitrogen and oxygen atoms in total. The van der Waals surface area contributed by atoms with Crippen LogP contribution in [0.4, 0.5) is 0 Å². The first kappa shape index (κ1) is 14.2. The van der Waals surface area contributed by atoms with Crippen LogP contribution in [0.5, 0.6) is 0 Å². The fourth-order valence-corrected chi connectivity index (χ4v) is 1.85. The Labute approximate surface area is 108 Å². The Hall–Kier alpha value is 0.210. The summed E-state index contributed by atoms with van der Waals surface area (Å²) in [6, 6.07) is 0. The molecule has 1 saturated carbocycles. The van der Waals surface area contributed by atoms with Crippen LogP contribution in [0.15, 0.2) is 11.6 Å². The van der Waals surface area contributed by atoms with Gasteiger partial charge in [-0.25, -0.2) is 0 Å². The van der Waals surface area contributed by atoms with Gasteiger partial charge < -0.3 is 9.90 Å². The van der Waals surface area contributed by atoms with E-state index in [1.807, 2.05) is 0 Å². The Morgan fingerprint density at radius 3 is 2.64 bits per heavy atom. The van der Waals surface area contributed by atoms with Crippen LogP contribution < -0.4 is 34.7 Å². The normalized spacial score (nSPS) is 19.5. The zero-order valence-electron chi connectivity index (χ0n) is 9.21. The van der Waals surface area contributed by atoms with Crippen LogP contribution in [-0.4, -0.2) is 5.97 Å². The molecule has 3 heteroatoms. The van der Waals surface area contributed by atoms with E-state index in [0.717, 1.165) is 24.3 Å². The summed E-state index contributed by atoms with van der Waals surface area (Å²) < 4.78 is 0. The summed E-state index contributed by atoms with van der Waals surface area (Å²) in [5, 5.41) is 10.2. The van der Waals surface area contributed by atoms with Gasteiger partial charge in [-0.3, -0.25) is 0 Å². The van der Waals surface area contributed by atoms with Crippen molar-refractivity contribution in [2.24, 2.45) is 5.92 Å². The minimum Gasteiger partial charge on any atom is -0.545 e. The standard InChI is InChI=1S/C11H18O2.Na/c1-2-3-4-5-9-6-10(7-9)8-11(12)13;/h8-9H,2-7H2,1H3,(H,12,13);/q;+1/p-1. The van der Waals surface area contributed by atoms with Crippen LogP contribution in [0.2, 0.25) is 0 Å². The van der Waals surface area contributed by atoms with Gasteiger partial charge in [0.15, 0.2) is 0 Å². The number of hydrogen-bond donors (Lipinski definition) is 0. The molecule has 0 spiro atoms. The SMILES string of the molecule is CCCCCC1CC(=CC(=O)[O-])C1.[Na+]. The van der Waals surface area contributed by atoms with Crippen LogP contribution in [-0.2, 0) is 4.79 Å². The van der Waals surface area contributed by atoms with Crippen molar-refractivity contribution in [3.63, 3.8) is 0 Å². The van der Waals surface area contributed by atoms with Gasteiger partial charge in [-0.15, -0.1) is 0 Å². The average molecular weight is 204 g/mol. The van der Waals surface area contributed by atoms with Crippen molar-refractivity contribution in [1.82, 2.24) is 0 Å². The van der Waals surface area contributed by atoms with E-state index in [9.17, 15) is 9.90 Å². The van der Waals surface area contributed by atoms with E-state index in [1.54, 1.807) is 0 Å². The molecule has 74 valence electrons. The van der Waals surface area contributed by atoms with Gasteiger partial charge in [0.1, 0.15) is 0 Å². The van der Waals surface area contributed by atoms with Crippen molar-refractivity contribution < 1.29 is 39.5 Å². The number of carboxylic acids is 1. The third-order valence-electron chi connectivity index (χ3n) is 2.64. The molecule has 0 heterocycles. The minimum atomic E-state index is -1.04. The molecule has 0 aromatic heterocycles. The van der Waals surface area contributed by atoms with E-state index in [4.69, 9.17) is 0 Å². The zero-order valence-corrected chi connectivity index (χ0v) is 11.2. The van der Waals surface area contributed by atoms with Crippen LogP contribution >= 0.6 is 0 Å². The number of carbonyl (C=O) groups excluding carboxylic acids is 1. The van der Waals surface area contributed by atoms with E-state index in [1.165, 1.54) is 31.8 Å². The molecular formula is C11H17NaO2. The molecule has 14 heavy (non-hydrogen) atoms. The first-order valence-corrected chi connectivity index (χ1v) is 5.12. The zero-order chi connectivity index (χ0) is 9.68. The molecule has 1 aliphatic carbocycles. The van der Waals surface area contributed by atoms with Crippen molar-refractivity contribution >= 4 is 5.97 Å². The fraction of sp³-hybridized carbons (Fsp3) is 0.727. The number of carbonyl (C=O) groups is 1. The number of rotatable bonds is 5. The molecule has 0 radical (unpaired) electrons. The summed E-state index contributed by atoms with van der Waals surface area (Å²) in [7, 11) is 0. The summed E-state index contributed by atoms with van der Waals surface area (Å²) in [5.74, 6) is -0.292. The maximum Gasteiger partial charge on any atom is 1.00 e. The molecule has 0 unspecified atom stereocenters. The van der Waals surface area contributed by atoms with Crippen LogP contribution in [0.25, 0.3) is 0 Å². The van der Waals surface area contributed by atoms with Crippen molar-refractivity contribution in [2.45, 2.75) is 45.4 Å². The molecule has 0 saturated heterocycles. The van der Waals surface area contributed by atoms with Crippen molar-refractivity contribution in [1.29, 1.82) is 0 Å². The Kier molecular flexibility index (Phi) is 7.61. The smallest absolute Gasteiger partial charge is 0.545 e. The molecule has 1 fully saturated rings. The van der Waals surface area contributed by atoms with Gasteiger partial charge in [-0.1, -0.05) is 31.8 Å². The number of aliphatic carboxylic acids is 1. The molecule has 0 N–H and O–H groups in total. The molecule has 0 aromatic carbocycles. The average Bonchev–Trinajstić information content (AvgIpc) is 1.99. The molecule has 1 aliphatic rings. The summed E-state index contributed by atoms with van der Waals surface area (Å²) in [6.07, 6.45) is 8.34. The maximum atomic E-state index is 10.2. The molecule has 0 atom stereocenters. The quantitative estimate of drug-likeness (QED) is 0.316. The van der Waals surface area contributed by atoms with E-state index in [2.05, 4.69) is 6.92 Å². The second-order valence-electron chi connectivity index (χ2n) is 3.89. The van der Waals surface area contributed by atoms with E-state index in [0.29, 0.717) is 0 Å². The van der Waals surface area contributed by atoms with E-state index < -0.39 is 5.97 Å². The second-order valence-corrected chi connectivity index (χ2v) is 3.89. The first-order valence-electron chi connectivity index (χ1n) is 5.12. The van der Waals surface area contributed by atoms with Gasteiger partial charge >= 0.3 is 29.6 Å². The van der Waals surface area contributed by atoms with Gasteiger partial charge in [0.25, 0.3) is 0 Å². The predicted octanol–water partition coefficient (Wildman–Crippen LogP) is -1.34. The topological polar surface area (TPSA) is 40.1 Å². The molecule has 0 aromatic rings. The second kappa shape index (κ2) is 7.49. The Morgan fingerprint density at radius 2 is 2.14 bits per heavy atom. The summed E-state index contributed by atoms with van der Waals surface area (Å²) >= 11 is 0. The first-order chi connectivity index (χ1) is 6.22. The van der Waals surface area contributed by atoms with Crippen LogP contribution in [0.3, 0.4) is 0 Å². The molecule has 0 amide bonds. The van der Waals surface area contributed by atoms with Gasteiger partial charge in [-0.2, -0.15) is 0 Å². The Balaban J connectivity index is 0.00000169. The summed E-state index contributed by atoms with van der Waals surface area (Å²) in [5.41, 5.74) is 1.06. The van der Waals surface area contributed by atoms with Crippen molar-refractivity contribution in [2.75, 3.05) is 0 Å². The van der Waals surface area contributed by atoms with Crippen LogP contribution in [0, 0.1) is 5.92 Å². The molecule has 1 rings (SSSR count). The third kappa shape index (κ3) is 5.18. The Bertz CT molecular complexity index is 203. The summed E-state index contributed by atoms with van der Waals surface area (Å²) in [6.45, 7) is 2.20. The monoisotopic (exact) mass is 204 g/mol. The summed E-state index contributed by atoms with van der Waals surface area (Å²) in [4.78, 5) is 10.2. The van der Waals surface area contributed by atoms with Gasteiger partial charge in [0.2, 0.25) is 0 Å². The third-order valence-corrected chi connectivity index (χ3v) is 2.64. The van der Waals surface area contributed by atoms with E-state index in [-0.39, 0.29) is 29.6 Å². The number of allylic oxidation sites excluding steroid dienone is 1. The number of carboxylic acid groups (broad SMARTS) is 1. The van der Waals surface area contributed by atoms with E-state index >= 15 is 0 Å². The molecule has 0 aliphatic heterocycles. The van der Waals surface area contributed by atoms with Gasteiger partial charge in [-0.05, 0) is 31.3 Å². The molecule has 0 bridgehead atoms. The predicted molar refractivity (Wildman–Crippen MR) is 50.0 cm³/mol. The van der Waals surface area contributed by atoms with Crippen molar-refractivity contribution in [3.8, 4) is 0 Å². The Morgan fingerprint density at radius 1 is 1.50 bits per heavy atom. The molecular weight excluding hydrogens is 187 g/mol. The fourth-order valence-electron chi connectivity index (χ4n) is 1.85. The number of hydrogen-bond acceptors (Lipinski definition) is 2. The number of unbranched alkanes of at least 4 members (excludes halogenated alkanes) is 2. The largest absolute Gasteiger partial charge is 1.00 e. The van der Waals surface area contributed by atoms with Gasteiger partial charge in [0, 0.05) is 0 Å². The maximum absolute atomic E-state index is 10.2. The van der Waals surface area contributed by atoms with Gasteiger partial charge in [0.05, 0.1) is 5.97 Å².